The van der Waals surface area contributed by atoms with Gasteiger partial charge in [0.2, 0.25) is 0 Å². The summed E-state index contributed by atoms with van der Waals surface area (Å²) in [6, 6.07) is 5.98. The molecule has 4 heteroatoms. The van der Waals surface area contributed by atoms with Gasteiger partial charge in [-0.15, -0.1) is 0 Å². The number of urea groups is 1. The van der Waals surface area contributed by atoms with Crippen molar-refractivity contribution in [2.45, 2.75) is 32.2 Å². The van der Waals surface area contributed by atoms with Gasteiger partial charge in [0.15, 0.2) is 0 Å². The van der Waals surface area contributed by atoms with Crippen molar-refractivity contribution in [3.8, 4) is 0 Å². The van der Waals surface area contributed by atoms with Gasteiger partial charge in [-0.05, 0) is 43.9 Å². The van der Waals surface area contributed by atoms with Crippen LogP contribution in [0.25, 0.3) is 10.9 Å². The summed E-state index contributed by atoms with van der Waals surface area (Å²) in [5, 5.41) is 4.10. The Morgan fingerprint density at radius 2 is 2.33 bits per heavy atom. The van der Waals surface area contributed by atoms with Crippen molar-refractivity contribution < 1.29 is 4.79 Å². The number of primary amides is 1. The van der Waals surface area contributed by atoms with E-state index in [-0.39, 0.29) is 6.04 Å². The van der Waals surface area contributed by atoms with E-state index >= 15 is 0 Å². The lowest BCUT2D eigenvalue weighted by molar-refractivity contribution is 0.243. The van der Waals surface area contributed by atoms with E-state index in [0.717, 1.165) is 30.5 Å². The van der Waals surface area contributed by atoms with Crippen LogP contribution >= 0.6 is 0 Å². The minimum absolute atomic E-state index is 0.0268. The van der Waals surface area contributed by atoms with Crippen LogP contribution in [-0.2, 0) is 6.42 Å². The smallest absolute Gasteiger partial charge is 0.312 e. The molecule has 18 heavy (non-hydrogen) atoms. The fourth-order valence-electron chi connectivity index (χ4n) is 2.89. The Kier molecular flexibility index (Phi) is 2.51. The zero-order valence-corrected chi connectivity index (χ0v) is 10.4. The van der Waals surface area contributed by atoms with Crippen molar-refractivity contribution >= 4 is 16.9 Å². The second-order valence-electron chi connectivity index (χ2n) is 5.02. The number of aryl methyl sites for hydroxylation is 2. The summed E-state index contributed by atoms with van der Waals surface area (Å²) in [4.78, 5) is 14.5. The lowest BCUT2D eigenvalue weighted by Crippen LogP contribution is -2.34. The van der Waals surface area contributed by atoms with Crippen molar-refractivity contribution in [2.75, 3.05) is 0 Å². The van der Waals surface area contributed by atoms with E-state index < -0.39 is 6.03 Å². The molecule has 1 atom stereocenters. The highest BCUT2D eigenvalue weighted by molar-refractivity contribution is 5.86. The molecule has 1 heterocycles. The van der Waals surface area contributed by atoms with Crippen LogP contribution in [0.15, 0.2) is 18.2 Å². The first kappa shape index (κ1) is 11.1. The number of carbonyl (C=O) groups is 1. The maximum absolute atomic E-state index is 11.0. The Morgan fingerprint density at radius 1 is 1.50 bits per heavy atom. The van der Waals surface area contributed by atoms with Gasteiger partial charge < -0.3 is 16.0 Å². The monoisotopic (exact) mass is 243 g/mol. The Bertz CT molecular complexity index is 615. The molecule has 2 aromatic rings. The van der Waals surface area contributed by atoms with Crippen LogP contribution in [0, 0.1) is 6.92 Å². The van der Waals surface area contributed by atoms with E-state index in [9.17, 15) is 4.79 Å². The minimum Gasteiger partial charge on any atom is -0.356 e. The van der Waals surface area contributed by atoms with Crippen LogP contribution in [0.4, 0.5) is 4.79 Å². The average Bonchev–Trinajstić information content (AvgIpc) is 2.68. The first-order valence-electron chi connectivity index (χ1n) is 6.32. The number of benzene rings is 1. The van der Waals surface area contributed by atoms with Crippen molar-refractivity contribution in [1.82, 2.24) is 10.3 Å². The maximum atomic E-state index is 11.0. The number of aromatic nitrogens is 1. The number of nitrogens with one attached hydrogen (secondary N) is 2. The number of fused-ring (bicyclic) bond motifs is 3. The van der Waals surface area contributed by atoms with Crippen LogP contribution in [0.1, 0.15) is 35.7 Å². The molecule has 94 valence electrons. The fraction of sp³-hybridized carbons (Fsp3) is 0.357. The standard InChI is InChI=1S/C14H17N3O/c1-8-5-6-11-10(7-8)9-3-2-4-12(13(9)16-11)17-14(15)18/h5-7,12,16H,2-4H2,1H3,(H3,15,17,18)/t12-/m0/s1. The van der Waals surface area contributed by atoms with E-state index in [1.54, 1.807) is 0 Å². The van der Waals surface area contributed by atoms with Gasteiger partial charge in [0, 0.05) is 16.6 Å². The van der Waals surface area contributed by atoms with Crippen molar-refractivity contribution in [1.29, 1.82) is 0 Å². The summed E-state index contributed by atoms with van der Waals surface area (Å²) < 4.78 is 0. The van der Waals surface area contributed by atoms with Gasteiger partial charge in [-0.3, -0.25) is 0 Å². The van der Waals surface area contributed by atoms with Gasteiger partial charge in [0.05, 0.1) is 6.04 Å². The molecule has 0 spiro atoms. The zero-order valence-electron chi connectivity index (χ0n) is 10.4. The van der Waals surface area contributed by atoms with Crippen molar-refractivity contribution in [3.05, 3.63) is 35.0 Å². The second kappa shape index (κ2) is 4.05. The van der Waals surface area contributed by atoms with Crippen LogP contribution in [0.3, 0.4) is 0 Å². The third kappa shape index (κ3) is 1.74. The van der Waals surface area contributed by atoms with Gasteiger partial charge in [-0.1, -0.05) is 11.6 Å². The minimum atomic E-state index is -0.456. The molecule has 4 N–H and O–H groups in total. The summed E-state index contributed by atoms with van der Waals surface area (Å²) in [5.41, 5.74) is 10.1. The van der Waals surface area contributed by atoms with E-state index in [2.05, 4.69) is 35.4 Å². The second-order valence-corrected chi connectivity index (χ2v) is 5.02. The quantitative estimate of drug-likeness (QED) is 0.707. The molecule has 3 rings (SSSR count). The predicted octanol–water partition coefficient (Wildman–Crippen LogP) is 2.52. The highest BCUT2D eigenvalue weighted by Crippen LogP contribution is 2.34. The molecule has 1 aliphatic rings. The Morgan fingerprint density at radius 3 is 3.11 bits per heavy atom. The molecule has 0 saturated carbocycles. The molecule has 0 fully saturated rings. The number of aromatic amines is 1. The number of amides is 2. The molecule has 1 aromatic heterocycles. The molecule has 0 saturated heterocycles. The molecule has 0 radical (unpaired) electrons. The molecule has 1 aromatic carbocycles. The molecular weight excluding hydrogens is 226 g/mol. The zero-order chi connectivity index (χ0) is 12.7. The summed E-state index contributed by atoms with van der Waals surface area (Å²) in [6.45, 7) is 2.10. The molecule has 1 aliphatic carbocycles. The number of H-pyrrole nitrogens is 1. The molecule has 4 nitrogen and oxygen atoms in total. The summed E-state index contributed by atoms with van der Waals surface area (Å²) in [7, 11) is 0. The number of nitrogens with two attached hydrogens (primary N) is 1. The lowest BCUT2D eigenvalue weighted by atomic mass is 9.91. The largest absolute Gasteiger partial charge is 0.356 e. The highest BCUT2D eigenvalue weighted by Gasteiger charge is 2.24. The summed E-state index contributed by atoms with van der Waals surface area (Å²) >= 11 is 0. The average molecular weight is 243 g/mol. The molecule has 0 bridgehead atoms. The van der Waals surface area contributed by atoms with Crippen molar-refractivity contribution in [3.63, 3.8) is 0 Å². The third-order valence-corrected chi connectivity index (χ3v) is 3.68. The van der Waals surface area contributed by atoms with E-state index in [1.165, 1.54) is 16.5 Å². The number of hydrogen-bond donors (Lipinski definition) is 3. The van der Waals surface area contributed by atoms with Gasteiger partial charge in [0.1, 0.15) is 0 Å². The number of carbonyl (C=O) groups excluding carboxylic acids is 1. The predicted molar refractivity (Wildman–Crippen MR) is 71.4 cm³/mol. The first-order valence-corrected chi connectivity index (χ1v) is 6.32. The summed E-state index contributed by atoms with van der Waals surface area (Å²) in [5.74, 6) is 0. The highest BCUT2D eigenvalue weighted by atomic mass is 16.2. The maximum Gasteiger partial charge on any atom is 0.312 e. The van der Waals surface area contributed by atoms with Gasteiger partial charge in [-0.2, -0.15) is 0 Å². The number of hydrogen-bond acceptors (Lipinski definition) is 1. The Hall–Kier alpha value is -1.97. The van der Waals surface area contributed by atoms with Gasteiger partial charge in [0.25, 0.3) is 0 Å². The normalized spacial score (nSPS) is 18.6. The molecule has 2 amide bonds. The molecule has 0 aliphatic heterocycles. The Labute approximate surface area is 106 Å². The van der Waals surface area contributed by atoms with Crippen LogP contribution in [-0.4, -0.2) is 11.0 Å². The molecule has 0 unspecified atom stereocenters. The van der Waals surface area contributed by atoms with E-state index in [4.69, 9.17) is 5.73 Å². The number of rotatable bonds is 1. The topological polar surface area (TPSA) is 70.9 Å². The van der Waals surface area contributed by atoms with Crippen molar-refractivity contribution in [2.24, 2.45) is 5.73 Å². The fourth-order valence-corrected chi connectivity index (χ4v) is 2.89. The van der Waals surface area contributed by atoms with Crippen LogP contribution in [0.2, 0.25) is 0 Å². The first-order chi connectivity index (χ1) is 8.65. The Balaban J connectivity index is 2.12. The summed E-state index contributed by atoms with van der Waals surface area (Å²) in [6.07, 6.45) is 3.09. The van der Waals surface area contributed by atoms with Gasteiger partial charge in [-0.25, -0.2) is 4.79 Å². The van der Waals surface area contributed by atoms with Crippen LogP contribution in [0.5, 0.6) is 0 Å². The van der Waals surface area contributed by atoms with Crippen LogP contribution < -0.4 is 11.1 Å². The van der Waals surface area contributed by atoms with E-state index in [1.807, 2.05) is 0 Å². The SMILES string of the molecule is Cc1ccc2[nH]c3c(c2c1)CCC[C@@H]3NC(N)=O. The molecular formula is C14H17N3O. The lowest BCUT2D eigenvalue weighted by Gasteiger charge is -2.22. The van der Waals surface area contributed by atoms with E-state index in [0.29, 0.717) is 0 Å². The third-order valence-electron chi connectivity index (χ3n) is 3.68. The van der Waals surface area contributed by atoms with Gasteiger partial charge >= 0.3 is 6.03 Å².